The molecule has 2 fully saturated rings. The first-order chi connectivity index (χ1) is 9.37. The Bertz CT molecular complexity index is 362. The van der Waals surface area contributed by atoms with Crippen molar-refractivity contribution in [2.75, 3.05) is 19.6 Å². The van der Waals surface area contributed by atoms with Gasteiger partial charge in [-0.3, -0.25) is 9.59 Å². The molecule has 0 spiro atoms. The standard InChI is InChI=1S/C15H26N2O3/c1-15(2,3)20-14(19)11-6-9-17(10-7-11)13(18)12-5-4-8-16-12/h11-12,16H,4-10H2,1-3H3/t12-/m0/s1. The van der Waals surface area contributed by atoms with Gasteiger partial charge in [0.1, 0.15) is 5.60 Å². The van der Waals surface area contributed by atoms with Gasteiger partial charge in [0.2, 0.25) is 5.91 Å². The van der Waals surface area contributed by atoms with E-state index in [0.29, 0.717) is 25.9 Å². The number of piperidine rings is 1. The Kier molecular flexibility index (Phi) is 4.68. The molecule has 0 aliphatic carbocycles. The SMILES string of the molecule is CC(C)(C)OC(=O)C1CCN(C(=O)[C@@H]2CCCN2)CC1. The number of esters is 1. The number of carbonyl (C=O) groups excluding carboxylic acids is 2. The van der Waals surface area contributed by atoms with Gasteiger partial charge in [-0.05, 0) is 53.0 Å². The molecule has 5 heteroatoms. The van der Waals surface area contributed by atoms with Crippen LogP contribution < -0.4 is 5.32 Å². The maximum Gasteiger partial charge on any atom is 0.309 e. The number of ether oxygens (including phenoxy) is 1. The van der Waals surface area contributed by atoms with Crippen molar-refractivity contribution in [3.63, 3.8) is 0 Å². The average Bonchev–Trinajstić information content (AvgIpc) is 2.90. The van der Waals surface area contributed by atoms with Crippen molar-refractivity contribution in [1.29, 1.82) is 0 Å². The monoisotopic (exact) mass is 282 g/mol. The molecule has 5 nitrogen and oxygen atoms in total. The number of nitrogens with one attached hydrogen (secondary N) is 1. The molecule has 2 aliphatic rings. The number of nitrogens with zero attached hydrogens (tertiary/aromatic N) is 1. The van der Waals surface area contributed by atoms with Gasteiger partial charge in [-0.1, -0.05) is 0 Å². The zero-order chi connectivity index (χ0) is 14.8. The van der Waals surface area contributed by atoms with Crippen molar-refractivity contribution in [3.05, 3.63) is 0 Å². The maximum absolute atomic E-state index is 12.3. The predicted octanol–water partition coefficient (Wildman–Crippen LogP) is 1.32. The minimum atomic E-state index is -0.433. The van der Waals surface area contributed by atoms with E-state index in [9.17, 15) is 9.59 Å². The molecule has 2 rings (SSSR count). The van der Waals surface area contributed by atoms with Crippen LogP contribution in [-0.4, -0.2) is 48.1 Å². The molecule has 0 aromatic carbocycles. The fourth-order valence-electron chi connectivity index (χ4n) is 2.84. The van der Waals surface area contributed by atoms with Gasteiger partial charge in [0.25, 0.3) is 0 Å². The number of rotatable bonds is 2. The lowest BCUT2D eigenvalue weighted by Gasteiger charge is -2.33. The second-order valence-electron chi connectivity index (χ2n) is 6.78. The summed E-state index contributed by atoms with van der Waals surface area (Å²) in [5.41, 5.74) is -0.433. The summed E-state index contributed by atoms with van der Waals surface area (Å²) >= 11 is 0. The predicted molar refractivity (Wildman–Crippen MR) is 76.2 cm³/mol. The van der Waals surface area contributed by atoms with E-state index in [1.807, 2.05) is 25.7 Å². The number of carbonyl (C=O) groups is 2. The first-order valence-electron chi connectivity index (χ1n) is 7.62. The Balaban J connectivity index is 1.80. The summed E-state index contributed by atoms with van der Waals surface area (Å²) in [6.45, 7) is 7.92. The van der Waals surface area contributed by atoms with E-state index >= 15 is 0 Å². The van der Waals surface area contributed by atoms with Gasteiger partial charge in [0.15, 0.2) is 0 Å². The largest absolute Gasteiger partial charge is 0.460 e. The van der Waals surface area contributed by atoms with Gasteiger partial charge in [-0.25, -0.2) is 0 Å². The summed E-state index contributed by atoms with van der Waals surface area (Å²) in [6.07, 6.45) is 3.44. The van der Waals surface area contributed by atoms with Gasteiger partial charge in [-0.2, -0.15) is 0 Å². The third kappa shape index (κ3) is 3.95. The molecule has 2 saturated heterocycles. The van der Waals surface area contributed by atoms with Gasteiger partial charge >= 0.3 is 5.97 Å². The maximum atomic E-state index is 12.3. The van der Waals surface area contributed by atoms with Crippen LogP contribution >= 0.6 is 0 Å². The van der Waals surface area contributed by atoms with Crippen LogP contribution in [0, 0.1) is 5.92 Å². The van der Waals surface area contributed by atoms with Crippen LogP contribution in [0.4, 0.5) is 0 Å². The molecule has 20 heavy (non-hydrogen) atoms. The summed E-state index contributed by atoms with van der Waals surface area (Å²) in [5, 5.41) is 3.24. The molecular formula is C15H26N2O3. The highest BCUT2D eigenvalue weighted by atomic mass is 16.6. The third-order valence-electron chi connectivity index (χ3n) is 3.91. The van der Waals surface area contributed by atoms with E-state index in [-0.39, 0.29) is 23.8 Å². The van der Waals surface area contributed by atoms with Crippen LogP contribution in [0.2, 0.25) is 0 Å². The van der Waals surface area contributed by atoms with E-state index < -0.39 is 5.60 Å². The topological polar surface area (TPSA) is 58.6 Å². The molecule has 0 aromatic rings. The van der Waals surface area contributed by atoms with Crippen LogP contribution in [0.1, 0.15) is 46.5 Å². The highest BCUT2D eigenvalue weighted by Gasteiger charge is 2.33. The second kappa shape index (κ2) is 6.12. The zero-order valence-corrected chi connectivity index (χ0v) is 12.8. The molecule has 114 valence electrons. The highest BCUT2D eigenvalue weighted by molar-refractivity contribution is 5.82. The van der Waals surface area contributed by atoms with Gasteiger partial charge in [-0.15, -0.1) is 0 Å². The summed E-state index contributed by atoms with van der Waals surface area (Å²) < 4.78 is 5.42. The van der Waals surface area contributed by atoms with Crippen molar-refractivity contribution in [1.82, 2.24) is 10.2 Å². The summed E-state index contributed by atoms with van der Waals surface area (Å²) in [6, 6.07) is -0.00641. The average molecular weight is 282 g/mol. The molecule has 0 aromatic heterocycles. The first kappa shape index (κ1) is 15.3. The third-order valence-corrected chi connectivity index (χ3v) is 3.91. The van der Waals surface area contributed by atoms with Gasteiger partial charge in [0, 0.05) is 13.1 Å². The van der Waals surface area contributed by atoms with E-state index in [1.165, 1.54) is 0 Å². The Hall–Kier alpha value is -1.10. The van der Waals surface area contributed by atoms with Crippen LogP contribution in [0.3, 0.4) is 0 Å². The van der Waals surface area contributed by atoms with Crippen molar-refractivity contribution in [2.24, 2.45) is 5.92 Å². The van der Waals surface area contributed by atoms with Crippen molar-refractivity contribution >= 4 is 11.9 Å². The van der Waals surface area contributed by atoms with Crippen molar-refractivity contribution in [2.45, 2.75) is 58.1 Å². The highest BCUT2D eigenvalue weighted by Crippen LogP contribution is 2.22. The fourth-order valence-corrected chi connectivity index (χ4v) is 2.84. The van der Waals surface area contributed by atoms with Crippen LogP contribution in [-0.2, 0) is 14.3 Å². The zero-order valence-electron chi connectivity index (χ0n) is 12.8. The molecule has 1 amide bonds. The van der Waals surface area contributed by atoms with E-state index in [4.69, 9.17) is 4.74 Å². The number of likely N-dealkylation sites (tertiary alicyclic amines) is 1. The Morgan fingerprint density at radius 1 is 1.15 bits per heavy atom. The quantitative estimate of drug-likeness (QED) is 0.776. The van der Waals surface area contributed by atoms with Crippen LogP contribution in [0.15, 0.2) is 0 Å². The van der Waals surface area contributed by atoms with Crippen LogP contribution in [0.25, 0.3) is 0 Å². The van der Waals surface area contributed by atoms with Crippen LogP contribution in [0.5, 0.6) is 0 Å². The molecule has 2 heterocycles. The number of amides is 1. The molecule has 0 unspecified atom stereocenters. The van der Waals surface area contributed by atoms with Crippen molar-refractivity contribution < 1.29 is 14.3 Å². The molecule has 0 bridgehead atoms. The molecule has 1 N–H and O–H groups in total. The molecule has 0 radical (unpaired) electrons. The minimum absolute atomic E-state index is 0.00641. The summed E-state index contributed by atoms with van der Waals surface area (Å²) in [7, 11) is 0. The first-order valence-corrected chi connectivity index (χ1v) is 7.62. The van der Waals surface area contributed by atoms with E-state index in [0.717, 1.165) is 19.4 Å². The second-order valence-corrected chi connectivity index (χ2v) is 6.78. The Labute approximate surface area is 121 Å². The summed E-state index contributed by atoms with van der Waals surface area (Å²) in [4.78, 5) is 26.2. The summed E-state index contributed by atoms with van der Waals surface area (Å²) in [5.74, 6) is 0.0172. The lowest BCUT2D eigenvalue weighted by molar-refractivity contribution is -0.162. The van der Waals surface area contributed by atoms with Crippen molar-refractivity contribution in [3.8, 4) is 0 Å². The Morgan fingerprint density at radius 2 is 1.80 bits per heavy atom. The lowest BCUT2D eigenvalue weighted by Crippen LogP contribution is -2.48. The molecular weight excluding hydrogens is 256 g/mol. The molecule has 2 aliphatic heterocycles. The fraction of sp³-hybridized carbons (Fsp3) is 0.867. The van der Waals surface area contributed by atoms with Gasteiger partial charge in [0.05, 0.1) is 12.0 Å². The van der Waals surface area contributed by atoms with Gasteiger partial charge < -0.3 is 15.0 Å². The Morgan fingerprint density at radius 3 is 2.30 bits per heavy atom. The van der Waals surface area contributed by atoms with E-state index in [1.54, 1.807) is 0 Å². The lowest BCUT2D eigenvalue weighted by atomic mass is 9.96. The minimum Gasteiger partial charge on any atom is -0.460 e. The normalized spacial score (nSPS) is 24.8. The smallest absolute Gasteiger partial charge is 0.309 e. The molecule has 0 saturated carbocycles. The number of hydrogen-bond donors (Lipinski definition) is 1. The molecule has 1 atom stereocenters. The number of hydrogen-bond acceptors (Lipinski definition) is 4. The van der Waals surface area contributed by atoms with E-state index in [2.05, 4.69) is 5.32 Å².